The van der Waals surface area contributed by atoms with E-state index >= 15 is 0 Å². The summed E-state index contributed by atoms with van der Waals surface area (Å²) in [5, 5.41) is 6.62. The summed E-state index contributed by atoms with van der Waals surface area (Å²) in [4.78, 5) is 3.63. The van der Waals surface area contributed by atoms with Crippen LogP contribution < -0.4 is 5.73 Å². The minimum Gasteiger partial charge on any atom is -0.387 e. The highest BCUT2D eigenvalue weighted by Crippen LogP contribution is 2.11. The Kier molecular flexibility index (Phi) is 2.37. The number of nitrogens with two attached hydrogens (primary N) is 1. The van der Waals surface area contributed by atoms with Gasteiger partial charge < -0.3 is 5.73 Å². The van der Waals surface area contributed by atoms with Crippen molar-refractivity contribution in [1.82, 2.24) is 0 Å². The summed E-state index contributed by atoms with van der Waals surface area (Å²) in [7, 11) is 0. The topological polar surface area (TPSA) is 62.2 Å². The van der Waals surface area contributed by atoms with Crippen molar-refractivity contribution in [3.05, 3.63) is 0 Å². The number of nitrogens with one attached hydrogen (secondary N) is 1. The van der Waals surface area contributed by atoms with Crippen molar-refractivity contribution in [2.75, 3.05) is 0 Å². The van der Waals surface area contributed by atoms with Crippen molar-refractivity contribution >= 4 is 12.2 Å². The summed E-state index contributed by atoms with van der Waals surface area (Å²) in [5.41, 5.74) is 5.35. The van der Waals surface area contributed by atoms with E-state index in [1.54, 1.807) is 0 Å². The third-order valence-corrected chi connectivity index (χ3v) is 0.972. The quantitative estimate of drug-likeness (QED) is 0.400. The minimum absolute atomic E-state index is 0.114. The number of hydrogen-bond acceptors (Lipinski definition) is 1. The van der Waals surface area contributed by atoms with Crippen LogP contribution in [0, 0.1) is 10.8 Å². The van der Waals surface area contributed by atoms with Crippen molar-refractivity contribution in [2.24, 2.45) is 16.1 Å². The van der Waals surface area contributed by atoms with Crippen molar-refractivity contribution < 1.29 is 0 Å². The van der Waals surface area contributed by atoms with Crippen LogP contribution in [0.4, 0.5) is 0 Å². The van der Waals surface area contributed by atoms with Crippen LogP contribution in [0.3, 0.4) is 0 Å². The first kappa shape index (κ1) is 8.14. The van der Waals surface area contributed by atoms with Crippen molar-refractivity contribution in [3.63, 3.8) is 0 Å². The summed E-state index contributed by atoms with van der Waals surface area (Å²) in [6, 6.07) is 0. The molecule has 0 aromatic carbocycles. The lowest BCUT2D eigenvalue weighted by Gasteiger charge is -2.15. The predicted molar refractivity (Wildman–Crippen MR) is 39.9 cm³/mol. The van der Waals surface area contributed by atoms with Crippen LogP contribution in [0.1, 0.15) is 20.8 Å². The minimum atomic E-state index is -0.114. The Morgan fingerprint density at radius 2 is 2.00 bits per heavy atom. The smallest absolute Gasteiger partial charge is 0.109 e. The highest BCUT2D eigenvalue weighted by Gasteiger charge is 2.14. The van der Waals surface area contributed by atoms with Crippen LogP contribution in [0.25, 0.3) is 0 Å². The van der Waals surface area contributed by atoms with E-state index in [1.165, 1.54) is 0 Å². The Balaban J connectivity index is 4.19. The van der Waals surface area contributed by atoms with E-state index in [0.29, 0.717) is 5.84 Å². The van der Waals surface area contributed by atoms with E-state index in [1.807, 2.05) is 20.8 Å². The fourth-order valence-corrected chi connectivity index (χ4v) is 0.263. The van der Waals surface area contributed by atoms with Crippen LogP contribution in [-0.4, -0.2) is 12.2 Å². The summed E-state index contributed by atoms with van der Waals surface area (Å²) in [6.45, 7) is 5.86. The summed E-state index contributed by atoms with van der Waals surface area (Å²) < 4.78 is 0. The fraction of sp³-hybridized carbons (Fsp3) is 0.667. The van der Waals surface area contributed by atoms with Gasteiger partial charge in [0, 0.05) is 5.41 Å². The molecule has 0 unspecified atom stereocenters. The second-order valence-electron chi connectivity index (χ2n) is 2.89. The largest absolute Gasteiger partial charge is 0.387 e. The third-order valence-electron chi connectivity index (χ3n) is 0.972. The molecule has 9 heavy (non-hydrogen) atoms. The maximum atomic E-state index is 6.62. The molecule has 0 bridgehead atoms. The van der Waals surface area contributed by atoms with Gasteiger partial charge in [-0.1, -0.05) is 20.8 Å². The molecule has 0 aliphatic heterocycles. The van der Waals surface area contributed by atoms with Crippen LogP contribution >= 0.6 is 0 Å². The summed E-state index contributed by atoms with van der Waals surface area (Å²) in [5.74, 6) is 0.498. The van der Waals surface area contributed by atoms with Gasteiger partial charge in [-0.15, -0.1) is 0 Å². The molecule has 0 heterocycles. The molecule has 3 N–H and O–H groups in total. The fourth-order valence-electron chi connectivity index (χ4n) is 0.263. The molecule has 52 valence electrons. The Bertz CT molecular complexity index is 130. The normalized spacial score (nSPS) is 13.4. The van der Waals surface area contributed by atoms with Gasteiger partial charge in [-0.3, -0.25) is 5.41 Å². The van der Waals surface area contributed by atoms with Gasteiger partial charge in [-0.2, -0.15) is 0 Å². The zero-order valence-corrected chi connectivity index (χ0v) is 6.10. The highest BCUT2D eigenvalue weighted by atomic mass is 14.9. The Morgan fingerprint density at radius 1 is 1.56 bits per heavy atom. The van der Waals surface area contributed by atoms with Crippen LogP contribution in [-0.2, 0) is 0 Å². The molecule has 0 spiro atoms. The molecule has 0 aromatic heterocycles. The Morgan fingerprint density at radius 3 is 2.11 bits per heavy atom. The first-order chi connectivity index (χ1) is 3.98. The molecule has 0 aliphatic rings. The molecular formula is C6H13N3. The zero-order valence-electron chi connectivity index (χ0n) is 6.10. The van der Waals surface area contributed by atoms with Gasteiger partial charge in [-0.05, 0) is 0 Å². The lowest BCUT2D eigenvalue weighted by molar-refractivity contribution is 0.586. The molecule has 3 nitrogen and oxygen atoms in total. The van der Waals surface area contributed by atoms with Crippen LogP contribution in [0.2, 0.25) is 0 Å². The second kappa shape index (κ2) is 2.62. The molecule has 0 rings (SSSR count). The van der Waals surface area contributed by atoms with Gasteiger partial charge in [-0.25, -0.2) is 4.99 Å². The SMILES string of the molecule is CC(C)(C)C(N)=NC=N. The van der Waals surface area contributed by atoms with E-state index in [9.17, 15) is 0 Å². The van der Waals surface area contributed by atoms with Crippen LogP contribution in [0.5, 0.6) is 0 Å². The number of rotatable bonds is 1. The number of amidine groups is 1. The van der Waals surface area contributed by atoms with E-state index < -0.39 is 0 Å². The lowest BCUT2D eigenvalue weighted by Crippen LogP contribution is -2.28. The van der Waals surface area contributed by atoms with Crippen molar-refractivity contribution in [2.45, 2.75) is 20.8 Å². The van der Waals surface area contributed by atoms with Crippen molar-refractivity contribution in [1.29, 1.82) is 5.41 Å². The first-order valence-corrected chi connectivity index (χ1v) is 2.81. The summed E-state index contributed by atoms with van der Waals surface area (Å²) >= 11 is 0. The van der Waals surface area contributed by atoms with Gasteiger partial charge in [0.2, 0.25) is 0 Å². The zero-order chi connectivity index (χ0) is 7.49. The average molecular weight is 127 g/mol. The molecule has 0 saturated carbocycles. The van der Waals surface area contributed by atoms with Gasteiger partial charge in [0.15, 0.2) is 0 Å². The van der Waals surface area contributed by atoms with Crippen molar-refractivity contribution in [3.8, 4) is 0 Å². The third kappa shape index (κ3) is 2.85. The molecule has 3 heteroatoms. The van der Waals surface area contributed by atoms with Gasteiger partial charge in [0.05, 0.1) is 0 Å². The average Bonchev–Trinajstić information content (AvgIpc) is 1.64. The molecule has 0 amide bonds. The Hall–Kier alpha value is -0.860. The van der Waals surface area contributed by atoms with E-state index in [4.69, 9.17) is 11.1 Å². The molecule has 0 fully saturated rings. The maximum Gasteiger partial charge on any atom is 0.109 e. The standard InChI is InChI=1S/C6H13N3/c1-6(2,3)5(8)9-4-7/h4H,1-3H3,(H3,7,8,9). The van der Waals surface area contributed by atoms with Gasteiger partial charge in [0.25, 0.3) is 0 Å². The van der Waals surface area contributed by atoms with E-state index in [0.717, 1.165) is 6.34 Å². The number of hydrogen-bond donors (Lipinski definition) is 2. The van der Waals surface area contributed by atoms with Gasteiger partial charge in [0.1, 0.15) is 12.2 Å². The molecule has 0 aliphatic carbocycles. The second-order valence-corrected chi connectivity index (χ2v) is 2.89. The number of nitrogens with zero attached hydrogens (tertiary/aromatic N) is 1. The molecule has 0 saturated heterocycles. The van der Waals surface area contributed by atoms with E-state index in [2.05, 4.69) is 4.99 Å². The molecule has 0 radical (unpaired) electrons. The lowest BCUT2D eigenvalue weighted by atomic mass is 9.96. The Labute approximate surface area is 55.5 Å². The monoisotopic (exact) mass is 127 g/mol. The molecule has 0 atom stereocenters. The van der Waals surface area contributed by atoms with E-state index in [-0.39, 0.29) is 5.41 Å². The molecule has 0 aromatic rings. The highest BCUT2D eigenvalue weighted by molar-refractivity contribution is 5.90. The number of aliphatic imine (C=N–C) groups is 1. The van der Waals surface area contributed by atoms with Gasteiger partial charge >= 0.3 is 0 Å². The van der Waals surface area contributed by atoms with Crippen LogP contribution in [0.15, 0.2) is 4.99 Å². The molecular weight excluding hydrogens is 114 g/mol. The predicted octanol–water partition coefficient (Wildman–Crippen LogP) is 0.997. The summed E-state index contributed by atoms with van der Waals surface area (Å²) in [6.07, 6.45) is 0.959. The first-order valence-electron chi connectivity index (χ1n) is 2.81. The maximum absolute atomic E-state index is 6.62.